The van der Waals surface area contributed by atoms with Crippen LogP contribution in [0.5, 0.6) is 11.5 Å². The lowest BCUT2D eigenvalue weighted by molar-refractivity contribution is 0.415. The molecule has 0 fully saturated rings. The average Bonchev–Trinajstić information content (AvgIpc) is 2.73. The number of aliphatic imine (C=N–C) groups is 1. The van der Waals surface area contributed by atoms with E-state index in [2.05, 4.69) is 10.3 Å². The number of pyridine rings is 1. The zero-order valence-electron chi connectivity index (χ0n) is 15.3. The Hall–Kier alpha value is -2.99. The first-order chi connectivity index (χ1) is 13.3. The Kier molecular flexibility index (Phi) is 6.71. The molecule has 0 radical (unpaired) electrons. The number of nitrogens with zero attached hydrogens (tertiary/aromatic N) is 2. The van der Waals surface area contributed by atoms with Crippen molar-refractivity contribution in [2.75, 3.05) is 19.5 Å². The molecule has 138 valence electrons. The molecule has 1 heterocycles. The van der Waals surface area contributed by atoms with Gasteiger partial charge in [-0.15, -0.1) is 0 Å². The molecule has 0 unspecified atom stereocenters. The molecule has 6 heteroatoms. The highest BCUT2D eigenvalue weighted by atomic mass is 32.2. The monoisotopic (exact) mass is 379 g/mol. The molecule has 0 aliphatic rings. The van der Waals surface area contributed by atoms with Crippen LogP contribution >= 0.6 is 11.8 Å². The molecule has 1 aromatic heterocycles. The van der Waals surface area contributed by atoms with E-state index in [1.54, 1.807) is 32.2 Å². The van der Waals surface area contributed by atoms with Gasteiger partial charge in [-0.05, 0) is 36.4 Å². The molecule has 3 aromatic rings. The van der Waals surface area contributed by atoms with Crippen LogP contribution in [0.1, 0.15) is 5.69 Å². The topological polar surface area (TPSA) is 55.7 Å². The minimum absolute atomic E-state index is 0.709. The minimum Gasteiger partial charge on any atom is -0.497 e. The number of anilines is 1. The maximum atomic E-state index is 5.30. The lowest BCUT2D eigenvalue weighted by Crippen LogP contribution is -2.08. The first-order valence-corrected chi connectivity index (χ1v) is 9.42. The van der Waals surface area contributed by atoms with Gasteiger partial charge in [-0.2, -0.15) is 0 Å². The summed E-state index contributed by atoms with van der Waals surface area (Å²) in [5.41, 5.74) is 2.71. The maximum absolute atomic E-state index is 5.30. The highest BCUT2D eigenvalue weighted by Gasteiger charge is 2.06. The predicted molar refractivity (Wildman–Crippen MR) is 112 cm³/mol. The molecule has 0 saturated heterocycles. The number of hydrogen-bond donors (Lipinski definition) is 1. The Morgan fingerprint density at radius 1 is 0.963 bits per heavy atom. The summed E-state index contributed by atoms with van der Waals surface area (Å²) >= 11 is 1.59. The molecule has 27 heavy (non-hydrogen) atoms. The number of nitrogens with one attached hydrogen (secondary N) is 1. The van der Waals surface area contributed by atoms with Gasteiger partial charge in [-0.3, -0.25) is 4.98 Å². The number of ether oxygens (including phenoxy) is 2. The van der Waals surface area contributed by atoms with E-state index >= 15 is 0 Å². The third-order valence-electron chi connectivity index (χ3n) is 3.69. The summed E-state index contributed by atoms with van der Waals surface area (Å²) in [5, 5.41) is 4.14. The van der Waals surface area contributed by atoms with Crippen LogP contribution < -0.4 is 14.8 Å². The van der Waals surface area contributed by atoms with Crippen LogP contribution in [0.2, 0.25) is 0 Å². The second-order valence-electron chi connectivity index (χ2n) is 5.59. The lowest BCUT2D eigenvalue weighted by atomic mass is 10.3. The van der Waals surface area contributed by atoms with E-state index in [1.165, 1.54) is 0 Å². The van der Waals surface area contributed by atoms with Gasteiger partial charge in [0.25, 0.3) is 0 Å². The van der Waals surface area contributed by atoms with Gasteiger partial charge in [-0.25, -0.2) is 4.99 Å². The number of benzene rings is 2. The molecule has 0 spiro atoms. The first-order valence-electron chi connectivity index (χ1n) is 8.43. The van der Waals surface area contributed by atoms with Crippen molar-refractivity contribution in [1.82, 2.24) is 4.98 Å². The van der Waals surface area contributed by atoms with Crippen molar-refractivity contribution >= 4 is 28.3 Å². The number of methoxy groups -OCH3 is 2. The molecular formula is C21H21N3O2S. The molecule has 0 saturated carbocycles. The molecule has 1 N–H and O–H groups in total. The van der Waals surface area contributed by atoms with Gasteiger partial charge >= 0.3 is 0 Å². The summed E-state index contributed by atoms with van der Waals surface area (Å²) in [6.07, 6.45) is 1.80. The number of amidine groups is 1. The molecular weight excluding hydrogens is 358 g/mol. The molecule has 0 amide bonds. The van der Waals surface area contributed by atoms with Gasteiger partial charge in [0.1, 0.15) is 11.5 Å². The number of hydrogen-bond acceptors (Lipinski definition) is 5. The second kappa shape index (κ2) is 9.64. The molecule has 0 aliphatic carbocycles. The minimum atomic E-state index is 0.709. The van der Waals surface area contributed by atoms with Crippen molar-refractivity contribution < 1.29 is 9.47 Å². The fourth-order valence-electron chi connectivity index (χ4n) is 2.34. The fourth-order valence-corrected chi connectivity index (χ4v) is 3.16. The number of aromatic nitrogens is 1. The lowest BCUT2D eigenvalue weighted by Gasteiger charge is -2.11. The van der Waals surface area contributed by atoms with Crippen LogP contribution in [0.15, 0.2) is 77.9 Å². The highest BCUT2D eigenvalue weighted by molar-refractivity contribution is 8.13. The van der Waals surface area contributed by atoms with Crippen molar-refractivity contribution in [3.63, 3.8) is 0 Å². The van der Waals surface area contributed by atoms with Crippen molar-refractivity contribution in [1.29, 1.82) is 0 Å². The second-order valence-corrected chi connectivity index (χ2v) is 6.55. The van der Waals surface area contributed by atoms with Gasteiger partial charge in [0.2, 0.25) is 0 Å². The third kappa shape index (κ3) is 5.76. The largest absolute Gasteiger partial charge is 0.497 e. The van der Waals surface area contributed by atoms with E-state index in [4.69, 9.17) is 14.5 Å². The zero-order chi connectivity index (χ0) is 18.9. The Balaban J connectivity index is 1.83. The Morgan fingerprint density at radius 2 is 1.74 bits per heavy atom. The zero-order valence-corrected chi connectivity index (χ0v) is 16.1. The van der Waals surface area contributed by atoms with Gasteiger partial charge in [0.05, 0.1) is 25.6 Å². The summed E-state index contributed by atoms with van der Waals surface area (Å²) in [7, 11) is 3.30. The molecule has 0 atom stereocenters. The quantitative estimate of drug-likeness (QED) is 0.475. The molecule has 0 bridgehead atoms. The Labute approximate surface area is 163 Å². The summed E-state index contributed by atoms with van der Waals surface area (Å²) in [5.74, 6) is 2.27. The van der Waals surface area contributed by atoms with E-state index in [0.717, 1.165) is 33.7 Å². The highest BCUT2D eigenvalue weighted by Crippen LogP contribution is 2.24. The van der Waals surface area contributed by atoms with Crippen molar-refractivity contribution in [3.05, 3.63) is 78.6 Å². The predicted octanol–water partition coefficient (Wildman–Crippen LogP) is 5.13. The van der Waals surface area contributed by atoms with Crippen LogP contribution in [0.4, 0.5) is 11.4 Å². The van der Waals surface area contributed by atoms with Crippen molar-refractivity contribution in [2.24, 2.45) is 4.99 Å². The maximum Gasteiger partial charge on any atom is 0.166 e. The molecule has 2 aromatic carbocycles. The third-order valence-corrected chi connectivity index (χ3v) is 4.59. The molecule has 3 rings (SSSR count). The van der Waals surface area contributed by atoms with Crippen LogP contribution in [-0.4, -0.2) is 24.4 Å². The van der Waals surface area contributed by atoms with Crippen LogP contribution in [-0.2, 0) is 5.75 Å². The smallest absolute Gasteiger partial charge is 0.166 e. The van der Waals surface area contributed by atoms with E-state index in [9.17, 15) is 0 Å². The summed E-state index contributed by atoms with van der Waals surface area (Å²) in [4.78, 5) is 9.13. The van der Waals surface area contributed by atoms with E-state index in [-0.39, 0.29) is 0 Å². The van der Waals surface area contributed by atoms with Gasteiger partial charge in [-0.1, -0.05) is 30.0 Å². The standard InChI is InChI=1S/C21H21N3O2S/c1-25-19-10-5-8-16(13-19)23-21(27-15-18-7-3-4-12-22-18)24-17-9-6-11-20(14-17)26-2/h3-14H,15H2,1-2H3,(H,23,24). The van der Waals surface area contributed by atoms with E-state index in [1.807, 2.05) is 66.7 Å². The number of thioether (sulfide) groups is 1. The van der Waals surface area contributed by atoms with Crippen LogP contribution in [0, 0.1) is 0 Å². The van der Waals surface area contributed by atoms with Gasteiger partial charge < -0.3 is 14.8 Å². The van der Waals surface area contributed by atoms with Gasteiger partial charge in [0, 0.05) is 29.8 Å². The molecule has 5 nitrogen and oxygen atoms in total. The normalized spacial score (nSPS) is 11.1. The summed E-state index contributed by atoms with van der Waals surface area (Å²) in [6, 6.07) is 21.3. The summed E-state index contributed by atoms with van der Waals surface area (Å²) < 4.78 is 10.6. The van der Waals surface area contributed by atoms with Crippen LogP contribution in [0.25, 0.3) is 0 Å². The Morgan fingerprint density at radius 3 is 2.48 bits per heavy atom. The van der Waals surface area contributed by atoms with Gasteiger partial charge in [0.15, 0.2) is 5.17 Å². The SMILES string of the molecule is COc1cccc(N=C(Nc2cccc(OC)c2)SCc2ccccn2)c1. The average molecular weight is 379 g/mol. The number of rotatable bonds is 6. The first kappa shape index (κ1) is 18.8. The Bertz CT molecular complexity index is 901. The summed E-state index contributed by atoms with van der Waals surface area (Å²) in [6.45, 7) is 0. The van der Waals surface area contributed by atoms with E-state index in [0.29, 0.717) is 5.75 Å². The molecule has 0 aliphatic heterocycles. The van der Waals surface area contributed by atoms with Crippen molar-refractivity contribution in [2.45, 2.75) is 5.75 Å². The van der Waals surface area contributed by atoms with Crippen LogP contribution in [0.3, 0.4) is 0 Å². The van der Waals surface area contributed by atoms with Crippen molar-refractivity contribution in [3.8, 4) is 11.5 Å². The van der Waals surface area contributed by atoms with E-state index < -0.39 is 0 Å². The fraction of sp³-hybridized carbons (Fsp3) is 0.143.